The van der Waals surface area contributed by atoms with Crippen LogP contribution in [0.3, 0.4) is 0 Å². The molecule has 0 bridgehead atoms. The van der Waals surface area contributed by atoms with E-state index < -0.39 is 18.0 Å². The number of carbonyl (C=O) groups excluding carboxylic acids is 1. The SMILES string of the molecule is CC(=O)ON[C@@H](Cc1c[nH]cn1)C(=O)O.Clc1cccc(Cl)c1Nc1ccccc1. The standard InChI is InChI=1S/C12H9Cl2N.C8H11N3O4/c13-10-7-4-8-11(14)12(10)15-9-5-2-1-3-6-9;1-5(12)15-11-7(8(13)14)2-6-3-9-4-10-6/h1-8,15H;3-4,7,11H,2H2,1H3,(H,9,10)(H,13,14)/t;7-/m.0/s1. The Balaban J connectivity index is 0.000000214. The summed E-state index contributed by atoms with van der Waals surface area (Å²) in [7, 11) is 0. The number of benzene rings is 2. The van der Waals surface area contributed by atoms with Crippen molar-refractivity contribution < 1.29 is 19.5 Å². The summed E-state index contributed by atoms with van der Waals surface area (Å²) < 4.78 is 0. The van der Waals surface area contributed by atoms with Crippen LogP contribution in [0.15, 0.2) is 61.1 Å². The molecule has 10 heteroatoms. The maximum atomic E-state index is 10.7. The third-order valence-electron chi connectivity index (χ3n) is 3.62. The van der Waals surface area contributed by atoms with Crippen molar-refractivity contribution in [2.24, 2.45) is 0 Å². The van der Waals surface area contributed by atoms with Gasteiger partial charge in [-0.15, -0.1) is 5.48 Å². The van der Waals surface area contributed by atoms with Crippen molar-refractivity contribution in [3.05, 3.63) is 76.8 Å². The van der Waals surface area contributed by atoms with Gasteiger partial charge in [0, 0.05) is 25.2 Å². The zero-order chi connectivity index (χ0) is 21.9. The summed E-state index contributed by atoms with van der Waals surface area (Å²) in [5, 5.41) is 13.2. The lowest BCUT2D eigenvalue weighted by Gasteiger charge is -2.11. The molecule has 158 valence electrons. The number of anilines is 2. The molecular weight excluding hydrogens is 431 g/mol. The third-order valence-corrected chi connectivity index (χ3v) is 4.25. The van der Waals surface area contributed by atoms with Crippen LogP contribution in [0.4, 0.5) is 11.4 Å². The number of rotatable bonds is 7. The number of hydrogen-bond donors (Lipinski definition) is 4. The van der Waals surface area contributed by atoms with Gasteiger partial charge in [-0.25, -0.2) is 4.98 Å². The monoisotopic (exact) mass is 450 g/mol. The van der Waals surface area contributed by atoms with Crippen LogP contribution in [0.1, 0.15) is 12.6 Å². The van der Waals surface area contributed by atoms with Gasteiger partial charge < -0.3 is 20.2 Å². The number of hydroxylamine groups is 1. The number of aromatic nitrogens is 2. The fourth-order valence-corrected chi connectivity index (χ4v) is 2.72. The number of carboxylic acid groups (broad SMARTS) is 1. The summed E-state index contributed by atoms with van der Waals surface area (Å²) in [6.07, 6.45) is 3.15. The van der Waals surface area contributed by atoms with Gasteiger partial charge in [0.2, 0.25) is 0 Å². The second-order valence-electron chi connectivity index (χ2n) is 5.95. The molecule has 1 heterocycles. The zero-order valence-electron chi connectivity index (χ0n) is 15.9. The van der Waals surface area contributed by atoms with Crippen molar-refractivity contribution in [2.45, 2.75) is 19.4 Å². The molecule has 0 unspecified atom stereocenters. The molecule has 0 amide bonds. The van der Waals surface area contributed by atoms with E-state index in [1.807, 2.05) is 36.4 Å². The molecule has 2 aromatic carbocycles. The van der Waals surface area contributed by atoms with Crippen molar-refractivity contribution in [2.75, 3.05) is 5.32 Å². The van der Waals surface area contributed by atoms with Crippen LogP contribution in [0.2, 0.25) is 10.0 Å². The number of halogens is 2. The number of para-hydroxylation sites is 2. The van der Waals surface area contributed by atoms with Gasteiger partial charge in [0.1, 0.15) is 6.04 Å². The number of aromatic amines is 1. The smallest absolute Gasteiger partial charge is 0.324 e. The molecule has 3 aromatic rings. The molecule has 1 atom stereocenters. The summed E-state index contributed by atoms with van der Waals surface area (Å²) >= 11 is 12.1. The molecule has 8 nitrogen and oxygen atoms in total. The Morgan fingerprint density at radius 3 is 2.33 bits per heavy atom. The molecule has 0 radical (unpaired) electrons. The van der Waals surface area contributed by atoms with E-state index in [4.69, 9.17) is 28.3 Å². The Hall–Kier alpha value is -3.07. The van der Waals surface area contributed by atoms with E-state index in [0.29, 0.717) is 15.7 Å². The molecule has 0 fully saturated rings. The Morgan fingerprint density at radius 1 is 1.13 bits per heavy atom. The van der Waals surface area contributed by atoms with Gasteiger partial charge in [0.15, 0.2) is 0 Å². The lowest BCUT2D eigenvalue weighted by molar-refractivity contribution is -0.155. The molecule has 1 aromatic heterocycles. The normalized spacial score (nSPS) is 11.0. The van der Waals surface area contributed by atoms with Crippen molar-refractivity contribution in [3.63, 3.8) is 0 Å². The van der Waals surface area contributed by atoms with E-state index in [0.717, 1.165) is 11.4 Å². The Morgan fingerprint density at radius 2 is 1.80 bits per heavy atom. The Labute approximate surface area is 183 Å². The maximum Gasteiger partial charge on any atom is 0.324 e. The summed E-state index contributed by atoms with van der Waals surface area (Å²) in [4.78, 5) is 32.2. The van der Waals surface area contributed by atoms with Crippen molar-refractivity contribution in [1.29, 1.82) is 0 Å². The molecular formula is C20H20Cl2N4O4. The van der Waals surface area contributed by atoms with E-state index in [2.05, 4.69) is 25.6 Å². The lowest BCUT2D eigenvalue weighted by Crippen LogP contribution is -2.39. The molecule has 4 N–H and O–H groups in total. The lowest BCUT2D eigenvalue weighted by atomic mass is 10.2. The highest BCUT2D eigenvalue weighted by molar-refractivity contribution is 6.39. The number of hydrogen-bond acceptors (Lipinski definition) is 6. The van der Waals surface area contributed by atoms with E-state index >= 15 is 0 Å². The van der Waals surface area contributed by atoms with Gasteiger partial charge >= 0.3 is 11.9 Å². The minimum atomic E-state index is -1.11. The van der Waals surface area contributed by atoms with Crippen LogP contribution in [-0.2, 0) is 20.8 Å². The predicted molar refractivity (Wildman–Crippen MR) is 115 cm³/mol. The number of H-pyrrole nitrogens is 1. The quantitative estimate of drug-likeness (QED) is 0.398. The molecule has 0 aliphatic heterocycles. The van der Waals surface area contributed by atoms with Crippen LogP contribution in [0, 0.1) is 0 Å². The summed E-state index contributed by atoms with van der Waals surface area (Å²) in [5.41, 5.74) is 4.43. The minimum absolute atomic E-state index is 0.131. The van der Waals surface area contributed by atoms with Crippen molar-refractivity contribution in [1.82, 2.24) is 15.4 Å². The van der Waals surface area contributed by atoms with Crippen LogP contribution >= 0.6 is 23.2 Å². The van der Waals surface area contributed by atoms with Crippen LogP contribution in [0.5, 0.6) is 0 Å². The number of nitrogens with zero attached hydrogens (tertiary/aromatic N) is 1. The van der Waals surface area contributed by atoms with Crippen molar-refractivity contribution >= 4 is 46.5 Å². The van der Waals surface area contributed by atoms with Gasteiger partial charge in [0.05, 0.1) is 27.8 Å². The number of imidazole rings is 1. The average molecular weight is 451 g/mol. The van der Waals surface area contributed by atoms with E-state index in [9.17, 15) is 9.59 Å². The van der Waals surface area contributed by atoms with Gasteiger partial charge in [-0.05, 0) is 24.3 Å². The van der Waals surface area contributed by atoms with E-state index in [1.165, 1.54) is 13.3 Å². The fraction of sp³-hybridized carbons (Fsp3) is 0.150. The fourth-order valence-electron chi connectivity index (χ4n) is 2.23. The first-order valence-corrected chi connectivity index (χ1v) is 9.52. The van der Waals surface area contributed by atoms with Gasteiger partial charge in [-0.2, -0.15) is 0 Å². The molecule has 0 saturated carbocycles. The first-order chi connectivity index (χ1) is 14.4. The highest BCUT2D eigenvalue weighted by atomic mass is 35.5. The summed E-state index contributed by atoms with van der Waals surface area (Å²) in [6, 6.07) is 14.2. The highest BCUT2D eigenvalue weighted by Crippen LogP contribution is 2.32. The van der Waals surface area contributed by atoms with Crippen molar-refractivity contribution in [3.8, 4) is 0 Å². The minimum Gasteiger partial charge on any atom is -0.480 e. The number of carbonyl (C=O) groups is 2. The van der Waals surface area contributed by atoms with Crippen LogP contribution in [-0.4, -0.2) is 33.1 Å². The molecule has 0 aliphatic carbocycles. The first-order valence-electron chi connectivity index (χ1n) is 8.76. The van der Waals surface area contributed by atoms with Crippen LogP contribution in [0.25, 0.3) is 0 Å². The Bertz CT molecular complexity index is 932. The second kappa shape index (κ2) is 11.8. The predicted octanol–water partition coefficient (Wildman–Crippen LogP) is 4.21. The molecule has 30 heavy (non-hydrogen) atoms. The topological polar surface area (TPSA) is 116 Å². The largest absolute Gasteiger partial charge is 0.480 e. The average Bonchev–Trinajstić information content (AvgIpc) is 3.22. The van der Waals surface area contributed by atoms with Gasteiger partial charge in [0.25, 0.3) is 0 Å². The Kier molecular flexibility index (Phi) is 9.14. The van der Waals surface area contributed by atoms with Gasteiger partial charge in [-0.1, -0.05) is 47.5 Å². The highest BCUT2D eigenvalue weighted by Gasteiger charge is 2.19. The molecule has 0 saturated heterocycles. The second-order valence-corrected chi connectivity index (χ2v) is 6.77. The van der Waals surface area contributed by atoms with E-state index in [1.54, 1.807) is 18.3 Å². The summed E-state index contributed by atoms with van der Waals surface area (Å²) in [6.45, 7) is 1.18. The van der Waals surface area contributed by atoms with E-state index in [-0.39, 0.29) is 6.42 Å². The number of aliphatic carboxylic acids is 1. The first kappa shape index (κ1) is 23.2. The summed E-state index contributed by atoms with van der Waals surface area (Å²) in [5.74, 6) is -1.71. The maximum absolute atomic E-state index is 10.7. The molecule has 3 rings (SSSR count). The third kappa shape index (κ3) is 7.75. The van der Waals surface area contributed by atoms with Gasteiger partial charge in [-0.3, -0.25) is 9.59 Å². The number of nitrogens with one attached hydrogen (secondary N) is 3. The number of carboxylic acids is 1. The van der Waals surface area contributed by atoms with Crippen LogP contribution < -0.4 is 10.8 Å². The molecule has 0 spiro atoms. The zero-order valence-corrected chi connectivity index (χ0v) is 17.4. The molecule has 0 aliphatic rings.